The summed E-state index contributed by atoms with van der Waals surface area (Å²) >= 11 is 0. The van der Waals surface area contributed by atoms with Crippen molar-refractivity contribution in [1.29, 1.82) is 0 Å². The summed E-state index contributed by atoms with van der Waals surface area (Å²) in [5.74, 6) is -0.735. The summed E-state index contributed by atoms with van der Waals surface area (Å²) in [6, 6.07) is 4.02. The molecule has 0 aliphatic rings. The van der Waals surface area contributed by atoms with Crippen molar-refractivity contribution in [1.82, 2.24) is 4.98 Å². The molecule has 0 unspecified atom stereocenters. The predicted octanol–water partition coefficient (Wildman–Crippen LogP) is 2.91. The summed E-state index contributed by atoms with van der Waals surface area (Å²) in [5.41, 5.74) is 0.0826. The van der Waals surface area contributed by atoms with Gasteiger partial charge in [-0.25, -0.2) is 9.18 Å². The monoisotopic (exact) mass is 306 g/mol. The molecule has 0 fully saturated rings. The van der Waals surface area contributed by atoms with Crippen molar-refractivity contribution in [3.8, 4) is 0 Å². The number of aromatic amines is 1. The third-order valence-corrected chi connectivity index (χ3v) is 3.39. The van der Waals surface area contributed by atoms with E-state index in [1.54, 1.807) is 0 Å². The molecule has 6 heteroatoms. The molecule has 1 aromatic heterocycles. The quantitative estimate of drug-likeness (QED) is 0.833. The van der Waals surface area contributed by atoms with Gasteiger partial charge in [0.25, 0.3) is 5.56 Å². The van der Waals surface area contributed by atoms with Crippen molar-refractivity contribution in [2.75, 3.05) is 19.0 Å². The lowest BCUT2D eigenvalue weighted by Gasteiger charge is -2.14. The number of methoxy groups -OCH3 is 1. The molecule has 1 heterocycles. The van der Waals surface area contributed by atoms with Gasteiger partial charge in [-0.3, -0.25) is 4.79 Å². The van der Waals surface area contributed by atoms with Crippen LogP contribution in [0.25, 0.3) is 10.9 Å². The molecule has 2 rings (SSSR count). The van der Waals surface area contributed by atoms with E-state index in [1.807, 2.05) is 0 Å². The Morgan fingerprint density at radius 1 is 1.41 bits per heavy atom. The van der Waals surface area contributed by atoms with Gasteiger partial charge in [0.1, 0.15) is 11.4 Å². The topological polar surface area (TPSA) is 71.2 Å². The fraction of sp³-hybridized carbons (Fsp3) is 0.375. The number of rotatable bonds is 5. The van der Waals surface area contributed by atoms with Crippen LogP contribution in [0.4, 0.5) is 10.1 Å². The second-order valence-corrected chi connectivity index (χ2v) is 5.49. The fourth-order valence-corrected chi connectivity index (χ4v) is 2.23. The normalized spacial score (nSPS) is 11.0. The van der Waals surface area contributed by atoms with E-state index in [0.717, 1.165) is 6.42 Å². The van der Waals surface area contributed by atoms with Crippen LogP contribution in [0.1, 0.15) is 30.6 Å². The van der Waals surface area contributed by atoms with E-state index in [-0.39, 0.29) is 5.56 Å². The van der Waals surface area contributed by atoms with Gasteiger partial charge in [-0.05, 0) is 30.5 Å². The summed E-state index contributed by atoms with van der Waals surface area (Å²) < 4.78 is 18.2. The van der Waals surface area contributed by atoms with Crippen LogP contribution in [0.3, 0.4) is 0 Å². The lowest BCUT2D eigenvalue weighted by atomic mass is 10.1. The Morgan fingerprint density at radius 3 is 2.77 bits per heavy atom. The number of aromatic nitrogens is 1. The van der Waals surface area contributed by atoms with Crippen molar-refractivity contribution < 1.29 is 13.9 Å². The fourth-order valence-electron chi connectivity index (χ4n) is 2.23. The van der Waals surface area contributed by atoms with E-state index >= 15 is 0 Å². The maximum Gasteiger partial charge on any atom is 0.345 e. The molecule has 22 heavy (non-hydrogen) atoms. The summed E-state index contributed by atoms with van der Waals surface area (Å²) in [4.78, 5) is 26.6. The average molecular weight is 306 g/mol. The minimum Gasteiger partial charge on any atom is -0.465 e. The zero-order valence-corrected chi connectivity index (χ0v) is 12.8. The lowest BCUT2D eigenvalue weighted by molar-refractivity contribution is 0.0600. The van der Waals surface area contributed by atoms with Gasteiger partial charge < -0.3 is 15.0 Å². The number of benzene rings is 1. The zero-order chi connectivity index (χ0) is 16.3. The summed E-state index contributed by atoms with van der Waals surface area (Å²) in [5, 5.41) is 3.53. The summed E-state index contributed by atoms with van der Waals surface area (Å²) in [6.07, 6.45) is 0.851. The molecule has 118 valence electrons. The Labute approximate surface area is 127 Å². The molecule has 0 amide bonds. The Morgan fingerprint density at radius 2 is 2.14 bits per heavy atom. The third-order valence-electron chi connectivity index (χ3n) is 3.39. The van der Waals surface area contributed by atoms with E-state index in [2.05, 4.69) is 28.9 Å². The lowest BCUT2D eigenvalue weighted by Crippen LogP contribution is -2.22. The van der Waals surface area contributed by atoms with Crippen molar-refractivity contribution in [3.05, 3.63) is 39.9 Å². The number of halogens is 1. The number of fused-ring (bicyclic) bond motifs is 1. The van der Waals surface area contributed by atoms with Crippen LogP contribution in [-0.4, -0.2) is 24.6 Å². The first kappa shape index (κ1) is 16.0. The molecule has 1 aromatic carbocycles. The molecule has 5 nitrogen and oxygen atoms in total. The molecular formula is C16H19FN2O3. The third kappa shape index (κ3) is 3.27. The Bertz CT molecular complexity index is 753. The van der Waals surface area contributed by atoms with Gasteiger partial charge in [-0.1, -0.05) is 13.8 Å². The number of pyridine rings is 1. The molecule has 0 saturated carbocycles. The van der Waals surface area contributed by atoms with Crippen LogP contribution in [0.2, 0.25) is 0 Å². The molecule has 0 radical (unpaired) electrons. The van der Waals surface area contributed by atoms with Gasteiger partial charge in [-0.2, -0.15) is 0 Å². The van der Waals surface area contributed by atoms with Gasteiger partial charge in [0, 0.05) is 11.9 Å². The van der Waals surface area contributed by atoms with Crippen LogP contribution in [-0.2, 0) is 4.74 Å². The molecule has 0 atom stereocenters. The number of hydrogen-bond acceptors (Lipinski definition) is 4. The highest BCUT2D eigenvalue weighted by Crippen LogP contribution is 2.25. The molecule has 2 N–H and O–H groups in total. The van der Waals surface area contributed by atoms with Crippen molar-refractivity contribution >= 4 is 22.6 Å². The summed E-state index contributed by atoms with van der Waals surface area (Å²) in [6.45, 7) is 4.70. The van der Waals surface area contributed by atoms with Gasteiger partial charge in [0.2, 0.25) is 0 Å². The van der Waals surface area contributed by atoms with E-state index in [0.29, 0.717) is 29.1 Å². The first-order chi connectivity index (χ1) is 10.4. The number of esters is 1. The molecule has 0 saturated heterocycles. The largest absolute Gasteiger partial charge is 0.465 e. The Kier molecular flexibility index (Phi) is 4.80. The molecule has 2 aromatic rings. The smallest absolute Gasteiger partial charge is 0.345 e. The molecule has 0 aliphatic heterocycles. The number of hydrogen-bond donors (Lipinski definition) is 2. The zero-order valence-electron chi connectivity index (χ0n) is 12.8. The van der Waals surface area contributed by atoms with Crippen LogP contribution in [0.15, 0.2) is 23.0 Å². The predicted molar refractivity (Wildman–Crippen MR) is 83.8 cm³/mol. The maximum atomic E-state index is 13.5. The minimum absolute atomic E-state index is 0.135. The Hall–Kier alpha value is -2.37. The molecular weight excluding hydrogens is 287 g/mol. The number of nitrogens with one attached hydrogen (secondary N) is 2. The minimum atomic E-state index is -0.751. The van der Waals surface area contributed by atoms with Crippen LogP contribution in [0, 0.1) is 11.7 Å². The number of carbonyl (C=O) groups excluding carboxylic acids is 1. The van der Waals surface area contributed by atoms with Crippen molar-refractivity contribution in [2.45, 2.75) is 20.3 Å². The van der Waals surface area contributed by atoms with Gasteiger partial charge >= 0.3 is 5.97 Å². The highest BCUT2D eigenvalue weighted by molar-refractivity contribution is 6.04. The second kappa shape index (κ2) is 6.60. The first-order valence-corrected chi connectivity index (χ1v) is 7.11. The van der Waals surface area contributed by atoms with E-state index in [9.17, 15) is 14.0 Å². The maximum absolute atomic E-state index is 13.5. The number of H-pyrrole nitrogens is 1. The Balaban J connectivity index is 2.61. The van der Waals surface area contributed by atoms with Gasteiger partial charge in [0.05, 0.1) is 18.3 Å². The van der Waals surface area contributed by atoms with Gasteiger partial charge in [0.15, 0.2) is 0 Å². The van der Waals surface area contributed by atoms with Gasteiger partial charge in [-0.15, -0.1) is 0 Å². The first-order valence-electron chi connectivity index (χ1n) is 7.11. The SMILES string of the molecule is COC(=O)c1c(NCCC(C)C)c2cc(F)ccc2[nH]c1=O. The number of ether oxygens (including phenoxy) is 1. The second-order valence-electron chi connectivity index (χ2n) is 5.49. The molecule has 0 bridgehead atoms. The van der Waals surface area contributed by atoms with E-state index in [4.69, 9.17) is 0 Å². The summed E-state index contributed by atoms with van der Waals surface area (Å²) in [7, 11) is 1.20. The van der Waals surface area contributed by atoms with Crippen LogP contribution >= 0.6 is 0 Å². The highest BCUT2D eigenvalue weighted by atomic mass is 19.1. The van der Waals surface area contributed by atoms with E-state index in [1.165, 1.54) is 25.3 Å². The number of carbonyl (C=O) groups is 1. The number of anilines is 1. The average Bonchev–Trinajstić information content (AvgIpc) is 2.46. The molecule has 0 aliphatic carbocycles. The highest BCUT2D eigenvalue weighted by Gasteiger charge is 2.20. The standard InChI is InChI=1S/C16H19FN2O3/c1-9(2)6-7-18-14-11-8-10(17)4-5-12(11)19-15(20)13(14)16(21)22-3/h4-5,8-9H,6-7H2,1-3H3,(H2,18,19,20). The van der Waals surface area contributed by atoms with Crippen LogP contribution in [0.5, 0.6) is 0 Å². The van der Waals surface area contributed by atoms with Crippen molar-refractivity contribution in [3.63, 3.8) is 0 Å². The molecule has 0 spiro atoms. The van der Waals surface area contributed by atoms with Crippen molar-refractivity contribution in [2.24, 2.45) is 5.92 Å². The van der Waals surface area contributed by atoms with E-state index < -0.39 is 17.3 Å². The van der Waals surface area contributed by atoms with Crippen LogP contribution < -0.4 is 10.9 Å².